The van der Waals surface area contributed by atoms with Crippen molar-refractivity contribution in [2.45, 2.75) is 26.3 Å². The molecule has 0 saturated heterocycles. The molecule has 0 bridgehead atoms. The van der Waals surface area contributed by atoms with Crippen molar-refractivity contribution >= 4 is 16.9 Å². The summed E-state index contributed by atoms with van der Waals surface area (Å²) in [5.41, 5.74) is 2.12. The Bertz CT molecular complexity index is 942. The third-order valence-corrected chi connectivity index (χ3v) is 3.97. The molecule has 0 aliphatic rings. The zero-order chi connectivity index (χ0) is 17.3. The Morgan fingerprint density at radius 1 is 1.38 bits per heavy atom. The zero-order valence-electron chi connectivity index (χ0n) is 13.9. The molecule has 3 aromatic rings. The van der Waals surface area contributed by atoms with Gasteiger partial charge in [-0.1, -0.05) is 0 Å². The molecule has 24 heavy (non-hydrogen) atoms. The van der Waals surface area contributed by atoms with Gasteiger partial charge in [0.25, 0.3) is 11.5 Å². The number of carbonyl (C=O) groups is 1. The van der Waals surface area contributed by atoms with Crippen LogP contribution in [0.4, 0.5) is 0 Å². The van der Waals surface area contributed by atoms with Crippen LogP contribution in [0, 0.1) is 6.92 Å². The van der Waals surface area contributed by atoms with Crippen LogP contribution in [0.2, 0.25) is 0 Å². The maximum Gasteiger partial charge on any atom is 0.272 e. The predicted octanol–water partition coefficient (Wildman–Crippen LogP) is 2.20. The normalized spacial score (nSPS) is 12.3. The van der Waals surface area contributed by atoms with Crippen molar-refractivity contribution in [2.75, 3.05) is 0 Å². The molecule has 1 amide bonds. The summed E-state index contributed by atoms with van der Waals surface area (Å²) < 4.78 is 6.83. The monoisotopic (exact) mass is 325 g/mol. The number of fused-ring (bicyclic) bond motifs is 1. The summed E-state index contributed by atoms with van der Waals surface area (Å²) in [5, 5.41) is 2.94. The highest BCUT2D eigenvalue weighted by atomic mass is 16.3. The van der Waals surface area contributed by atoms with E-state index in [0.717, 1.165) is 5.76 Å². The molecular formula is C18H19N3O3. The SMILES string of the molecule is Cc1nc2cc(C(=O)NC(C)Cc3ccco3)ccc2n(C)c1=O. The Balaban J connectivity index is 1.82. The lowest BCUT2D eigenvalue weighted by Gasteiger charge is -2.13. The van der Waals surface area contributed by atoms with Gasteiger partial charge in [-0.2, -0.15) is 0 Å². The van der Waals surface area contributed by atoms with Crippen molar-refractivity contribution in [3.8, 4) is 0 Å². The van der Waals surface area contributed by atoms with Crippen LogP contribution in [0.15, 0.2) is 45.8 Å². The molecule has 0 fully saturated rings. The van der Waals surface area contributed by atoms with Crippen molar-refractivity contribution in [2.24, 2.45) is 7.05 Å². The zero-order valence-corrected chi connectivity index (χ0v) is 13.9. The molecule has 1 atom stereocenters. The summed E-state index contributed by atoms with van der Waals surface area (Å²) in [6.07, 6.45) is 2.24. The van der Waals surface area contributed by atoms with Gasteiger partial charge >= 0.3 is 0 Å². The van der Waals surface area contributed by atoms with Crippen LogP contribution >= 0.6 is 0 Å². The van der Waals surface area contributed by atoms with Gasteiger partial charge in [-0.15, -0.1) is 0 Å². The summed E-state index contributed by atoms with van der Waals surface area (Å²) in [6.45, 7) is 3.59. The topological polar surface area (TPSA) is 77.1 Å². The molecular weight excluding hydrogens is 306 g/mol. The second-order valence-corrected chi connectivity index (χ2v) is 5.92. The third-order valence-electron chi connectivity index (χ3n) is 3.97. The first-order chi connectivity index (χ1) is 11.5. The van der Waals surface area contributed by atoms with Gasteiger partial charge in [0.2, 0.25) is 0 Å². The molecule has 3 rings (SSSR count). The Kier molecular flexibility index (Phi) is 4.20. The standard InChI is InChI=1S/C18H19N3O3/c1-11(9-14-5-4-8-24-14)19-17(22)13-6-7-16-15(10-13)20-12(2)18(23)21(16)3/h4-8,10-11H,9H2,1-3H3,(H,19,22). The lowest BCUT2D eigenvalue weighted by Crippen LogP contribution is -2.34. The number of aromatic nitrogens is 2. The first-order valence-electron chi connectivity index (χ1n) is 7.76. The summed E-state index contributed by atoms with van der Waals surface area (Å²) in [7, 11) is 1.70. The van der Waals surface area contributed by atoms with Crippen molar-refractivity contribution < 1.29 is 9.21 Å². The average Bonchev–Trinajstić information content (AvgIpc) is 3.05. The number of hydrogen-bond acceptors (Lipinski definition) is 4. The van der Waals surface area contributed by atoms with Gasteiger partial charge in [0.05, 0.1) is 17.3 Å². The predicted molar refractivity (Wildman–Crippen MR) is 91.1 cm³/mol. The summed E-state index contributed by atoms with van der Waals surface area (Å²) in [4.78, 5) is 28.6. The van der Waals surface area contributed by atoms with Gasteiger partial charge in [-0.3, -0.25) is 9.59 Å². The molecule has 6 heteroatoms. The van der Waals surface area contributed by atoms with Crippen LogP contribution in [-0.2, 0) is 13.5 Å². The van der Waals surface area contributed by atoms with Crippen LogP contribution in [0.3, 0.4) is 0 Å². The number of benzene rings is 1. The van der Waals surface area contributed by atoms with Crippen molar-refractivity contribution in [1.82, 2.24) is 14.9 Å². The summed E-state index contributed by atoms with van der Waals surface area (Å²) >= 11 is 0. The molecule has 2 aromatic heterocycles. The van der Waals surface area contributed by atoms with Crippen LogP contribution in [0.5, 0.6) is 0 Å². The highest BCUT2D eigenvalue weighted by Gasteiger charge is 2.13. The number of nitrogens with one attached hydrogen (secondary N) is 1. The molecule has 0 radical (unpaired) electrons. The number of rotatable bonds is 4. The van der Waals surface area contributed by atoms with E-state index in [-0.39, 0.29) is 17.5 Å². The van der Waals surface area contributed by atoms with Gasteiger partial charge in [-0.05, 0) is 44.2 Å². The molecule has 124 valence electrons. The van der Waals surface area contributed by atoms with E-state index in [4.69, 9.17) is 4.42 Å². The molecule has 0 spiro atoms. The first kappa shape index (κ1) is 16.0. The van der Waals surface area contributed by atoms with E-state index >= 15 is 0 Å². The van der Waals surface area contributed by atoms with Crippen LogP contribution < -0.4 is 10.9 Å². The van der Waals surface area contributed by atoms with E-state index < -0.39 is 0 Å². The molecule has 1 N–H and O–H groups in total. The fraction of sp³-hybridized carbons (Fsp3) is 0.278. The largest absolute Gasteiger partial charge is 0.469 e. The molecule has 0 aliphatic heterocycles. The lowest BCUT2D eigenvalue weighted by molar-refractivity contribution is 0.0939. The lowest BCUT2D eigenvalue weighted by atomic mass is 10.1. The molecule has 1 unspecified atom stereocenters. The van der Waals surface area contributed by atoms with Crippen molar-refractivity contribution in [3.63, 3.8) is 0 Å². The van der Waals surface area contributed by atoms with Crippen LogP contribution in [0.25, 0.3) is 11.0 Å². The van der Waals surface area contributed by atoms with E-state index in [2.05, 4.69) is 10.3 Å². The summed E-state index contributed by atoms with van der Waals surface area (Å²) in [6, 6.07) is 8.80. The quantitative estimate of drug-likeness (QED) is 0.798. The van der Waals surface area contributed by atoms with E-state index in [1.807, 2.05) is 19.1 Å². The number of amides is 1. The number of carbonyl (C=O) groups excluding carboxylic acids is 1. The summed E-state index contributed by atoms with van der Waals surface area (Å²) in [5.74, 6) is 0.651. The fourth-order valence-electron chi connectivity index (χ4n) is 2.71. The van der Waals surface area contributed by atoms with Gasteiger partial charge in [0.1, 0.15) is 11.5 Å². The number of furan rings is 1. The Morgan fingerprint density at radius 3 is 2.88 bits per heavy atom. The van der Waals surface area contributed by atoms with Gasteiger partial charge in [0, 0.05) is 25.1 Å². The molecule has 0 aliphatic carbocycles. The maximum absolute atomic E-state index is 12.4. The smallest absolute Gasteiger partial charge is 0.272 e. The van der Waals surface area contributed by atoms with Gasteiger partial charge in [0.15, 0.2) is 0 Å². The fourth-order valence-corrected chi connectivity index (χ4v) is 2.71. The van der Waals surface area contributed by atoms with Crippen molar-refractivity contribution in [1.29, 1.82) is 0 Å². The van der Waals surface area contributed by atoms with E-state index in [1.165, 1.54) is 0 Å². The number of nitrogens with zero attached hydrogens (tertiary/aromatic N) is 2. The second kappa shape index (κ2) is 6.31. The average molecular weight is 325 g/mol. The molecule has 0 saturated carbocycles. The van der Waals surface area contributed by atoms with E-state index in [1.54, 1.807) is 43.0 Å². The van der Waals surface area contributed by atoms with Gasteiger partial charge in [-0.25, -0.2) is 4.98 Å². The van der Waals surface area contributed by atoms with E-state index in [9.17, 15) is 9.59 Å². The van der Waals surface area contributed by atoms with E-state index in [0.29, 0.717) is 28.7 Å². The van der Waals surface area contributed by atoms with Gasteiger partial charge < -0.3 is 14.3 Å². The number of hydrogen-bond donors (Lipinski definition) is 1. The molecule has 6 nitrogen and oxygen atoms in total. The third kappa shape index (κ3) is 3.08. The Hall–Kier alpha value is -2.89. The highest BCUT2D eigenvalue weighted by molar-refractivity contribution is 5.97. The maximum atomic E-state index is 12.4. The van der Waals surface area contributed by atoms with Crippen molar-refractivity contribution in [3.05, 3.63) is 64.0 Å². The Labute approximate surface area is 139 Å². The second-order valence-electron chi connectivity index (χ2n) is 5.92. The number of aryl methyl sites for hydroxylation is 2. The van der Waals surface area contributed by atoms with Crippen LogP contribution in [-0.4, -0.2) is 21.5 Å². The van der Waals surface area contributed by atoms with Crippen LogP contribution in [0.1, 0.15) is 28.7 Å². The first-order valence-corrected chi connectivity index (χ1v) is 7.76. The Morgan fingerprint density at radius 2 is 2.17 bits per heavy atom. The minimum atomic E-state index is -0.177. The molecule has 1 aromatic carbocycles. The minimum absolute atomic E-state index is 0.0610. The highest BCUT2D eigenvalue weighted by Crippen LogP contribution is 2.13. The minimum Gasteiger partial charge on any atom is -0.469 e. The molecule has 2 heterocycles.